The van der Waals surface area contributed by atoms with Crippen molar-refractivity contribution in [1.82, 2.24) is 9.55 Å². The molecule has 0 bridgehead atoms. The number of anilines is 1. The zero-order chi connectivity index (χ0) is 15.0. The molecule has 0 aliphatic carbocycles. The molecule has 0 aliphatic rings. The number of nitrogens with zero attached hydrogens (tertiary/aromatic N) is 2. The van der Waals surface area contributed by atoms with Crippen molar-refractivity contribution in [2.75, 3.05) is 12.8 Å². The van der Waals surface area contributed by atoms with Crippen LogP contribution in [-0.4, -0.2) is 16.7 Å². The summed E-state index contributed by atoms with van der Waals surface area (Å²) >= 11 is 6.10. The largest absolute Gasteiger partial charge is 0.495 e. The third kappa shape index (κ3) is 2.32. The average Bonchev–Trinajstić information content (AvgIpc) is 2.85. The molecule has 0 amide bonds. The summed E-state index contributed by atoms with van der Waals surface area (Å²) in [6, 6.07) is 11.5. The molecule has 0 saturated carbocycles. The summed E-state index contributed by atoms with van der Waals surface area (Å²) in [6.07, 6.45) is 0.819. The Balaban J connectivity index is 2.28. The molecule has 0 atom stereocenters. The van der Waals surface area contributed by atoms with Crippen molar-refractivity contribution in [3.05, 3.63) is 47.2 Å². The molecule has 2 aromatic carbocycles. The number of halogens is 1. The van der Waals surface area contributed by atoms with Crippen LogP contribution >= 0.6 is 11.6 Å². The van der Waals surface area contributed by atoms with Crippen molar-refractivity contribution in [3.63, 3.8) is 0 Å². The molecule has 4 nitrogen and oxygen atoms in total. The van der Waals surface area contributed by atoms with Gasteiger partial charge in [0.25, 0.3) is 0 Å². The maximum absolute atomic E-state index is 6.10. The standard InChI is InChI=1S/C16H16ClN3O/c1-3-16-19-13-8-10(18)4-7-14(13)20(16)11-5-6-12(17)15(9-11)21-2/h4-9H,3,18H2,1-2H3. The molecule has 0 radical (unpaired) electrons. The normalized spacial score (nSPS) is 11.0. The zero-order valence-electron chi connectivity index (χ0n) is 11.9. The van der Waals surface area contributed by atoms with E-state index in [0.717, 1.165) is 29.0 Å². The van der Waals surface area contributed by atoms with Crippen LogP contribution in [0, 0.1) is 0 Å². The maximum Gasteiger partial charge on any atom is 0.139 e. The molecule has 0 fully saturated rings. The second-order valence-electron chi connectivity index (χ2n) is 4.78. The van der Waals surface area contributed by atoms with Gasteiger partial charge in [-0.3, -0.25) is 4.57 Å². The Kier molecular flexibility index (Phi) is 3.47. The van der Waals surface area contributed by atoms with E-state index in [-0.39, 0.29) is 0 Å². The van der Waals surface area contributed by atoms with Crippen molar-refractivity contribution in [3.8, 4) is 11.4 Å². The highest BCUT2D eigenvalue weighted by Crippen LogP contribution is 2.30. The van der Waals surface area contributed by atoms with Gasteiger partial charge in [-0.15, -0.1) is 0 Å². The quantitative estimate of drug-likeness (QED) is 0.748. The van der Waals surface area contributed by atoms with E-state index in [4.69, 9.17) is 22.1 Å². The minimum Gasteiger partial charge on any atom is -0.495 e. The van der Waals surface area contributed by atoms with Gasteiger partial charge in [-0.05, 0) is 30.3 Å². The van der Waals surface area contributed by atoms with E-state index in [0.29, 0.717) is 16.5 Å². The van der Waals surface area contributed by atoms with Crippen LogP contribution in [0.2, 0.25) is 5.02 Å². The molecule has 5 heteroatoms. The number of benzene rings is 2. The molecule has 0 saturated heterocycles. The molecule has 0 spiro atoms. The lowest BCUT2D eigenvalue weighted by Crippen LogP contribution is -2.00. The highest BCUT2D eigenvalue weighted by Gasteiger charge is 2.13. The third-order valence-corrected chi connectivity index (χ3v) is 3.77. The number of fused-ring (bicyclic) bond motifs is 1. The lowest BCUT2D eigenvalue weighted by atomic mass is 10.2. The first-order valence-electron chi connectivity index (χ1n) is 6.74. The van der Waals surface area contributed by atoms with Crippen LogP contribution in [0.4, 0.5) is 5.69 Å². The van der Waals surface area contributed by atoms with Gasteiger partial charge in [0.15, 0.2) is 0 Å². The minimum absolute atomic E-state index is 0.591. The van der Waals surface area contributed by atoms with Gasteiger partial charge in [0.2, 0.25) is 0 Å². The molecule has 2 N–H and O–H groups in total. The molecule has 1 aromatic heterocycles. The van der Waals surface area contributed by atoms with Crippen molar-refractivity contribution in [2.24, 2.45) is 0 Å². The predicted octanol–water partition coefficient (Wildman–Crippen LogP) is 3.83. The van der Waals surface area contributed by atoms with Gasteiger partial charge in [-0.25, -0.2) is 4.98 Å². The number of aromatic nitrogens is 2. The van der Waals surface area contributed by atoms with Crippen LogP contribution in [0.25, 0.3) is 16.7 Å². The topological polar surface area (TPSA) is 53.1 Å². The van der Waals surface area contributed by atoms with Gasteiger partial charge in [-0.1, -0.05) is 18.5 Å². The Morgan fingerprint density at radius 3 is 2.76 bits per heavy atom. The summed E-state index contributed by atoms with van der Waals surface area (Å²) in [7, 11) is 1.61. The molecule has 3 aromatic rings. The van der Waals surface area contributed by atoms with Crippen molar-refractivity contribution in [1.29, 1.82) is 0 Å². The minimum atomic E-state index is 0.591. The molecular weight excluding hydrogens is 286 g/mol. The number of nitrogens with two attached hydrogens (primary N) is 1. The number of hydrogen-bond donors (Lipinski definition) is 1. The first-order valence-corrected chi connectivity index (χ1v) is 7.12. The summed E-state index contributed by atoms with van der Waals surface area (Å²) in [5.74, 6) is 1.62. The number of ether oxygens (including phenoxy) is 1. The highest BCUT2D eigenvalue weighted by atomic mass is 35.5. The Labute approximate surface area is 128 Å². The Hall–Kier alpha value is -2.20. The fourth-order valence-electron chi connectivity index (χ4n) is 2.46. The van der Waals surface area contributed by atoms with E-state index in [1.165, 1.54) is 0 Å². The molecule has 0 unspecified atom stereocenters. The van der Waals surface area contributed by atoms with Gasteiger partial charge in [-0.2, -0.15) is 0 Å². The predicted molar refractivity (Wildman–Crippen MR) is 86.4 cm³/mol. The first kappa shape index (κ1) is 13.8. The lowest BCUT2D eigenvalue weighted by Gasteiger charge is -2.11. The fraction of sp³-hybridized carbons (Fsp3) is 0.188. The number of imidazole rings is 1. The van der Waals surface area contributed by atoms with Gasteiger partial charge < -0.3 is 10.5 Å². The van der Waals surface area contributed by atoms with Gasteiger partial charge >= 0.3 is 0 Å². The maximum atomic E-state index is 6.10. The van der Waals surface area contributed by atoms with Gasteiger partial charge in [0, 0.05) is 18.2 Å². The zero-order valence-corrected chi connectivity index (χ0v) is 12.7. The molecule has 0 aliphatic heterocycles. The van der Waals surface area contributed by atoms with E-state index >= 15 is 0 Å². The summed E-state index contributed by atoms with van der Waals surface area (Å²) in [4.78, 5) is 4.66. The number of hydrogen-bond acceptors (Lipinski definition) is 3. The van der Waals surface area contributed by atoms with Crippen LogP contribution < -0.4 is 10.5 Å². The molecular formula is C16H16ClN3O. The average molecular weight is 302 g/mol. The fourth-order valence-corrected chi connectivity index (χ4v) is 2.65. The van der Waals surface area contributed by atoms with Crippen LogP contribution in [-0.2, 0) is 6.42 Å². The summed E-state index contributed by atoms with van der Waals surface area (Å²) < 4.78 is 7.41. The number of methoxy groups -OCH3 is 1. The van der Waals surface area contributed by atoms with Crippen LogP contribution in [0.5, 0.6) is 5.75 Å². The van der Waals surface area contributed by atoms with Crippen molar-refractivity contribution < 1.29 is 4.74 Å². The smallest absolute Gasteiger partial charge is 0.139 e. The van der Waals surface area contributed by atoms with E-state index in [9.17, 15) is 0 Å². The first-order chi connectivity index (χ1) is 10.1. The molecule has 1 heterocycles. The van der Waals surface area contributed by atoms with E-state index in [1.807, 2.05) is 36.4 Å². The highest BCUT2D eigenvalue weighted by molar-refractivity contribution is 6.32. The van der Waals surface area contributed by atoms with E-state index in [2.05, 4.69) is 16.5 Å². The second kappa shape index (κ2) is 5.30. The van der Waals surface area contributed by atoms with Crippen LogP contribution in [0.15, 0.2) is 36.4 Å². The number of nitrogen functional groups attached to an aromatic ring is 1. The van der Waals surface area contributed by atoms with Crippen LogP contribution in [0.1, 0.15) is 12.7 Å². The van der Waals surface area contributed by atoms with Crippen molar-refractivity contribution in [2.45, 2.75) is 13.3 Å². The second-order valence-corrected chi connectivity index (χ2v) is 5.19. The van der Waals surface area contributed by atoms with E-state index < -0.39 is 0 Å². The van der Waals surface area contributed by atoms with Crippen molar-refractivity contribution >= 4 is 28.3 Å². The third-order valence-electron chi connectivity index (χ3n) is 3.46. The molecule has 3 rings (SSSR count). The number of aryl methyl sites for hydroxylation is 1. The summed E-state index contributed by atoms with van der Waals surface area (Å²) in [5.41, 5.74) is 9.43. The summed E-state index contributed by atoms with van der Waals surface area (Å²) in [6.45, 7) is 2.08. The SMILES string of the molecule is CCc1nc2cc(N)ccc2n1-c1ccc(Cl)c(OC)c1. The summed E-state index contributed by atoms with van der Waals surface area (Å²) in [5, 5.41) is 0.591. The molecule has 108 valence electrons. The van der Waals surface area contributed by atoms with E-state index in [1.54, 1.807) is 7.11 Å². The lowest BCUT2D eigenvalue weighted by molar-refractivity contribution is 0.415. The van der Waals surface area contributed by atoms with Gasteiger partial charge in [0.05, 0.1) is 28.9 Å². The Morgan fingerprint density at radius 2 is 2.05 bits per heavy atom. The number of rotatable bonds is 3. The molecule has 21 heavy (non-hydrogen) atoms. The Morgan fingerprint density at radius 1 is 1.24 bits per heavy atom. The van der Waals surface area contributed by atoms with Crippen LogP contribution in [0.3, 0.4) is 0 Å². The monoisotopic (exact) mass is 301 g/mol. The Bertz CT molecular complexity index is 811. The van der Waals surface area contributed by atoms with Gasteiger partial charge in [0.1, 0.15) is 11.6 Å².